The van der Waals surface area contributed by atoms with Crippen molar-refractivity contribution in [3.63, 3.8) is 0 Å². The highest BCUT2D eigenvalue weighted by Crippen LogP contribution is 2.37. The van der Waals surface area contributed by atoms with Crippen LogP contribution in [0.4, 0.5) is 26.3 Å². The molecule has 0 radical (unpaired) electrons. The lowest BCUT2D eigenvalue weighted by molar-refractivity contribution is -0.261. The minimum atomic E-state index is -4.68. The minimum absolute atomic E-state index is 0.111. The maximum atomic E-state index is 14.4. The van der Waals surface area contributed by atoms with Gasteiger partial charge in [0, 0.05) is 23.5 Å². The lowest BCUT2D eigenvalue weighted by atomic mass is 10.1. The predicted molar refractivity (Wildman–Crippen MR) is 90.3 cm³/mol. The zero-order valence-corrected chi connectivity index (χ0v) is 15.3. The summed E-state index contributed by atoms with van der Waals surface area (Å²) < 4.78 is 90.9. The Hall–Kier alpha value is -2.89. The molecular formula is C18H14F6N4O2. The molecule has 4 rings (SSSR count). The fourth-order valence-corrected chi connectivity index (χ4v) is 2.61. The van der Waals surface area contributed by atoms with Crippen LogP contribution in [0.1, 0.15) is 25.6 Å². The first-order chi connectivity index (χ1) is 14.0. The van der Waals surface area contributed by atoms with Crippen molar-refractivity contribution in [2.75, 3.05) is 0 Å². The van der Waals surface area contributed by atoms with E-state index in [1.54, 1.807) is 0 Å². The smallest absolute Gasteiger partial charge is 0.425 e. The van der Waals surface area contributed by atoms with Crippen molar-refractivity contribution in [1.29, 1.82) is 0 Å². The van der Waals surface area contributed by atoms with Gasteiger partial charge in [-0.2, -0.15) is 22.0 Å². The number of hydrogen-bond donors (Lipinski definition) is 0. The van der Waals surface area contributed by atoms with Crippen LogP contribution in [0.15, 0.2) is 30.6 Å². The lowest BCUT2D eigenvalue weighted by Gasteiger charge is -2.17. The molecule has 0 aliphatic heterocycles. The number of hydrogen-bond acceptors (Lipinski definition) is 5. The number of nitrogens with zero attached hydrogens (tertiary/aromatic N) is 4. The second-order valence-electron chi connectivity index (χ2n) is 6.82. The Balaban J connectivity index is 1.64. The third kappa shape index (κ3) is 4.04. The topological polar surface area (TPSA) is 61.5 Å². The fraction of sp³-hybridized carbons (Fsp3) is 0.389. The van der Waals surface area contributed by atoms with Crippen molar-refractivity contribution in [3.8, 4) is 17.0 Å². The average Bonchev–Trinajstić information content (AvgIpc) is 3.35. The van der Waals surface area contributed by atoms with Crippen LogP contribution in [0, 0.1) is 5.82 Å². The largest absolute Gasteiger partial charge is 0.463 e. The first-order valence-corrected chi connectivity index (χ1v) is 8.85. The van der Waals surface area contributed by atoms with Crippen LogP contribution in [0.25, 0.3) is 16.8 Å². The number of pyridine rings is 2. The average molecular weight is 432 g/mol. The van der Waals surface area contributed by atoms with Gasteiger partial charge in [-0.1, -0.05) is 0 Å². The summed E-state index contributed by atoms with van der Waals surface area (Å²) in [6, 6.07) is 3.74. The van der Waals surface area contributed by atoms with Gasteiger partial charge < -0.3 is 9.47 Å². The van der Waals surface area contributed by atoms with E-state index in [2.05, 4.69) is 19.9 Å². The second-order valence-corrected chi connectivity index (χ2v) is 6.82. The Kier molecular flexibility index (Phi) is 4.83. The van der Waals surface area contributed by atoms with Crippen molar-refractivity contribution < 1.29 is 35.8 Å². The third-order valence-corrected chi connectivity index (χ3v) is 4.39. The van der Waals surface area contributed by atoms with Gasteiger partial charge in [0.05, 0.1) is 6.10 Å². The molecule has 160 valence electrons. The number of fused-ring (bicyclic) bond motifs is 1. The van der Waals surface area contributed by atoms with Crippen LogP contribution in [0.3, 0.4) is 0 Å². The van der Waals surface area contributed by atoms with Gasteiger partial charge in [0.1, 0.15) is 0 Å². The van der Waals surface area contributed by atoms with Crippen molar-refractivity contribution in [1.82, 2.24) is 19.6 Å². The van der Waals surface area contributed by atoms with Crippen molar-refractivity contribution in [2.45, 2.75) is 44.3 Å². The summed E-state index contributed by atoms with van der Waals surface area (Å²) in [6.07, 6.45) is -7.77. The Morgan fingerprint density at radius 1 is 1.10 bits per heavy atom. The predicted octanol–water partition coefficient (Wildman–Crippen LogP) is 4.49. The van der Waals surface area contributed by atoms with Gasteiger partial charge in [-0.05, 0) is 38.0 Å². The molecule has 0 saturated heterocycles. The molecule has 1 unspecified atom stereocenters. The number of alkyl halides is 5. The summed E-state index contributed by atoms with van der Waals surface area (Å²) >= 11 is 0. The molecule has 30 heavy (non-hydrogen) atoms. The molecule has 0 aromatic carbocycles. The van der Waals surface area contributed by atoms with E-state index in [9.17, 15) is 26.3 Å². The van der Waals surface area contributed by atoms with E-state index >= 15 is 0 Å². The number of aromatic nitrogens is 4. The van der Waals surface area contributed by atoms with Crippen molar-refractivity contribution >= 4 is 5.65 Å². The number of halogens is 6. The molecule has 0 bridgehead atoms. The number of rotatable bonds is 6. The summed E-state index contributed by atoms with van der Waals surface area (Å²) in [6.45, 7) is 0.723. The van der Waals surface area contributed by atoms with Crippen LogP contribution >= 0.6 is 0 Å². The van der Waals surface area contributed by atoms with Gasteiger partial charge in [0.2, 0.25) is 5.82 Å². The lowest BCUT2D eigenvalue weighted by Crippen LogP contribution is -2.31. The normalized spacial score (nSPS) is 16.1. The molecular weight excluding hydrogens is 418 g/mol. The van der Waals surface area contributed by atoms with E-state index in [1.165, 1.54) is 18.3 Å². The maximum absolute atomic E-state index is 14.4. The summed E-state index contributed by atoms with van der Waals surface area (Å²) in [5.41, 5.74) is 0.500. The molecule has 1 aliphatic carbocycles. The Labute approximate surface area is 165 Å². The Morgan fingerprint density at radius 2 is 1.83 bits per heavy atom. The van der Waals surface area contributed by atoms with Gasteiger partial charge in [-0.3, -0.25) is 4.40 Å². The third-order valence-electron chi connectivity index (χ3n) is 4.39. The van der Waals surface area contributed by atoms with Crippen molar-refractivity contribution in [2.24, 2.45) is 0 Å². The minimum Gasteiger partial charge on any atom is -0.463 e. The molecule has 3 aromatic rings. The molecule has 1 atom stereocenters. The van der Waals surface area contributed by atoms with Gasteiger partial charge in [-0.25, -0.2) is 9.37 Å². The van der Waals surface area contributed by atoms with E-state index in [0.29, 0.717) is 12.8 Å². The summed E-state index contributed by atoms with van der Waals surface area (Å²) in [4.78, 5) is 3.58. The molecule has 0 spiro atoms. The summed E-state index contributed by atoms with van der Waals surface area (Å²) in [5.74, 6) is -2.69. The highest BCUT2D eigenvalue weighted by molar-refractivity contribution is 5.64. The summed E-state index contributed by atoms with van der Waals surface area (Å²) in [5, 5.41) is 7.16. The van der Waals surface area contributed by atoms with E-state index in [-0.39, 0.29) is 16.8 Å². The maximum Gasteiger partial charge on any atom is 0.425 e. The SMILES string of the molecule is CC(Oc1ncc(-c2ccc3nnc(C(F)(F)OC4CC4)n3c2)cc1F)C(F)(F)F. The van der Waals surface area contributed by atoms with Crippen LogP contribution in [0.2, 0.25) is 0 Å². The quantitative estimate of drug-likeness (QED) is 0.538. The Morgan fingerprint density at radius 3 is 2.47 bits per heavy atom. The molecule has 0 N–H and O–H groups in total. The number of ether oxygens (including phenoxy) is 2. The first kappa shape index (κ1) is 20.4. The Bertz CT molecular complexity index is 1080. The molecule has 1 fully saturated rings. The highest BCUT2D eigenvalue weighted by Gasteiger charge is 2.44. The molecule has 12 heteroatoms. The highest BCUT2D eigenvalue weighted by atomic mass is 19.4. The van der Waals surface area contributed by atoms with Crippen molar-refractivity contribution in [3.05, 3.63) is 42.2 Å². The second kappa shape index (κ2) is 7.11. The van der Waals surface area contributed by atoms with E-state index in [0.717, 1.165) is 23.6 Å². The summed E-state index contributed by atoms with van der Waals surface area (Å²) in [7, 11) is 0. The zero-order chi connectivity index (χ0) is 21.7. The van der Waals surface area contributed by atoms with E-state index in [1.807, 2.05) is 0 Å². The van der Waals surface area contributed by atoms with Crippen LogP contribution in [-0.4, -0.2) is 38.0 Å². The zero-order valence-electron chi connectivity index (χ0n) is 15.3. The van der Waals surface area contributed by atoms with Crippen LogP contribution in [0.5, 0.6) is 5.88 Å². The van der Waals surface area contributed by atoms with E-state index in [4.69, 9.17) is 4.74 Å². The fourth-order valence-electron chi connectivity index (χ4n) is 2.61. The van der Waals surface area contributed by atoms with Gasteiger partial charge in [-0.15, -0.1) is 10.2 Å². The standard InChI is InChI=1S/C18H14F6N4O2/c1-9(17(20,21)22)29-15-13(19)6-11(7-25-15)10-2-5-14-26-27-16(28(14)8-10)18(23,24)30-12-3-4-12/h2,5-9,12H,3-4H2,1H3. The molecule has 6 nitrogen and oxygen atoms in total. The molecule has 3 aromatic heterocycles. The first-order valence-electron chi connectivity index (χ1n) is 8.85. The van der Waals surface area contributed by atoms with Crippen LogP contribution < -0.4 is 4.74 Å². The van der Waals surface area contributed by atoms with E-state index < -0.39 is 42.0 Å². The molecule has 1 aliphatic rings. The monoisotopic (exact) mass is 432 g/mol. The molecule has 3 heterocycles. The van der Waals surface area contributed by atoms with Gasteiger partial charge in [0.15, 0.2) is 17.6 Å². The molecule has 1 saturated carbocycles. The molecule has 0 amide bonds. The van der Waals surface area contributed by atoms with Gasteiger partial charge in [0.25, 0.3) is 5.88 Å². The van der Waals surface area contributed by atoms with Gasteiger partial charge >= 0.3 is 12.3 Å². The van der Waals surface area contributed by atoms with Crippen LogP contribution in [-0.2, 0) is 10.8 Å².